The minimum atomic E-state index is -3.88. The van der Waals surface area contributed by atoms with E-state index in [0.717, 1.165) is 34.0 Å². The first kappa shape index (κ1) is 36.3. The molecule has 58 heavy (non-hydrogen) atoms. The van der Waals surface area contributed by atoms with Crippen LogP contribution in [0.25, 0.3) is 61.4 Å². The Bertz CT molecular complexity index is 2880. The van der Waals surface area contributed by atoms with E-state index in [2.05, 4.69) is 222 Å². The monoisotopic (exact) mass is 811 g/mol. The van der Waals surface area contributed by atoms with Gasteiger partial charge < -0.3 is 0 Å². The van der Waals surface area contributed by atoms with E-state index in [1.165, 1.54) is 56.1 Å². The van der Waals surface area contributed by atoms with Crippen LogP contribution in [0.1, 0.15) is 52.7 Å². The number of hydrogen-bond donors (Lipinski definition) is 0. The van der Waals surface area contributed by atoms with Crippen molar-refractivity contribution in [1.29, 1.82) is 0 Å². The van der Waals surface area contributed by atoms with Crippen LogP contribution >= 0.6 is 0 Å². The third-order valence-corrected chi connectivity index (χ3v) is 22.4. The van der Waals surface area contributed by atoms with E-state index in [4.69, 9.17) is 9.97 Å². The molecule has 7 aromatic carbocycles. The first-order chi connectivity index (χ1) is 28.0. The summed E-state index contributed by atoms with van der Waals surface area (Å²) in [5, 5.41) is 2.59. The van der Waals surface area contributed by atoms with E-state index in [1.54, 1.807) is 0 Å². The van der Waals surface area contributed by atoms with Crippen molar-refractivity contribution in [2.45, 2.75) is 52.4 Å². The predicted molar refractivity (Wildman–Crippen MR) is 247 cm³/mol. The molecule has 1 aliphatic heterocycles. The van der Waals surface area contributed by atoms with Gasteiger partial charge >= 0.3 is 346 Å². The summed E-state index contributed by atoms with van der Waals surface area (Å²) >= 11 is -3.88. The Labute approximate surface area is 344 Å². The van der Waals surface area contributed by atoms with Crippen molar-refractivity contribution in [3.05, 3.63) is 187 Å². The van der Waals surface area contributed by atoms with Crippen LogP contribution in [-0.4, -0.2) is 27.8 Å². The van der Waals surface area contributed by atoms with Gasteiger partial charge in [0.25, 0.3) is 0 Å². The van der Waals surface area contributed by atoms with Gasteiger partial charge in [-0.05, 0) is 0 Å². The Hall–Kier alpha value is -6.04. The molecule has 0 radical (unpaired) electrons. The van der Waals surface area contributed by atoms with Gasteiger partial charge in [-0.2, -0.15) is 0 Å². The first-order valence-corrected chi connectivity index (χ1v) is 24.6. The van der Waals surface area contributed by atoms with E-state index >= 15 is 0 Å². The molecule has 282 valence electrons. The van der Waals surface area contributed by atoms with Gasteiger partial charge in [0, 0.05) is 0 Å². The Morgan fingerprint density at radius 3 is 1.41 bits per heavy atom. The van der Waals surface area contributed by atoms with E-state index in [-0.39, 0.29) is 10.8 Å². The zero-order chi connectivity index (χ0) is 39.8. The van der Waals surface area contributed by atoms with Crippen LogP contribution in [0, 0.1) is 0 Å². The number of fused-ring (bicyclic) bond motifs is 6. The van der Waals surface area contributed by atoms with Crippen LogP contribution in [0.2, 0.25) is 0 Å². The van der Waals surface area contributed by atoms with E-state index < -0.39 is 13.3 Å². The maximum atomic E-state index is 5.58. The molecule has 0 amide bonds. The van der Waals surface area contributed by atoms with Crippen LogP contribution < -0.4 is 17.6 Å². The van der Waals surface area contributed by atoms with E-state index in [0.29, 0.717) is 0 Å². The molecule has 0 saturated heterocycles. The second kappa shape index (κ2) is 13.5. The molecular formula is C54H47GeN3. The molecule has 3 nitrogen and oxygen atoms in total. The quantitative estimate of drug-likeness (QED) is 0.162. The maximum absolute atomic E-state index is 5.58. The summed E-state index contributed by atoms with van der Waals surface area (Å²) in [7, 11) is 0. The summed E-state index contributed by atoms with van der Waals surface area (Å²) < 4.78 is 7.92. The third-order valence-electron chi connectivity index (χ3n) is 12.2. The molecule has 10 rings (SSSR count). The average molecular weight is 811 g/mol. The Balaban J connectivity index is 1.34. The number of aromatic nitrogens is 3. The summed E-state index contributed by atoms with van der Waals surface area (Å²) in [6.45, 7) is 13.8. The second-order valence-corrected chi connectivity index (χ2v) is 25.6. The first-order valence-electron chi connectivity index (χ1n) is 20.4. The van der Waals surface area contributed by atoms with Gasteiger partial charge in [0.1, 0.15) is 0 Å². The second-order valence-electron chi connectivity index (χ2n) is 17.9. The van der Waals surface area contributed by atoms with Gasteiger partial charge in [0.05, 0.1) is 0 Å². The van der Waals surface area contributed by atoms with Crippen LogP contribution in [0.3, 0.4) is 0 Å². The van der Waals surface area contributed by atoms with Gasteiger partial charge in [-0.25, -0.2) is 0 Å². The molecular weight excluding hydrogens is 763 g/mol. The molecule has 0 spiro atoms. The predicted octanol–water partition coefficient (Wildman–Crippen LogP) is 10.9. The summed E-state index contributed by atoms with van der Waals surface area (Å²) in [6.07, 6.45) is 0. The van der Waals surface area contributed by atoms with Crippen molar-refractivity contribution in [3.63, 3.8) is 0 Å². The normalized spacial score (nSPS) is 13.5. The summed E-state index contributed by atoms with van der Waals surface area (Å²) in [6, 6.07) is 65.2. The van der Waals surface area contributed by atoms with Crippen LogP contribution in [0.5, 0.6) is 0 Å². The SMILES string of the molecule is CC(C)(C)c1ccc2c(c1)c1cc(C(C)(C)C)ccc1n2-c1ccc2[c](c1)[Ge]([c]1ccccc1)([c]1ccccc1)[c]1c(-c3ccccc3)nc(-c3ccccc3)nc1-2. The minimum absolute atomic E-state index is 0.0260. The fourth-order valence-corrected chi connectivity index (χ4v) is 20.3. The molecule has 0 bridgehead atoms. The van der Waals surface area contributed by atoms with Gasteiger partial charge in [-0.3, -0.25) is 0 Å². The van der Waals surface area contributed by atoms with Crippen LogP contribution in [-0.2, 0) is 10.8 Å². The molecule has 2 aromatic heterocycles. The number of hydrogen-bond acceptors (Lipinski definition) is 2. The van der Waals surface area contributed by atoms with E-state index in [1.807, 2.05) is 0 Å². The molecule has 3 heterocycles. The average Bonchev–Trinajstić information content (AvgIpc) is 3.73. The molecule has 0 atom stereocenters. The van der Waals surface area contributed by atoms with Gasteiger partial charge in [0.15, 0.2) is 0 Å². The number of rotatable bonds is 5. The molecule has 0 unspecified atom stereocenters. The van der Waals surface area contributed by atoms with Crippen molar-refractivity contribution in [2.24, 2.45) is 0 Å². The summed E-state index contributed by atoms with van der Waals surface area (Å²) in [4.78, 5) is 11.1. The molecule has 4 heteroatoms. The number of benzene rings is 7. The molecule has 9 aromatic rings. The van der Waals surface area contributed by atoms with Crippen molar-refractivity contribution >= 4 is 52.7 Å². The number of nitrogens with zero attached hydrogens (tertiary/aromatic N) is 3. The molecule has 0 fully saturated rings. The molecule has 1 aliphatic rings. The van der Waals surface area contributed by atoms with Crippen molar-refractivity contribution in [1.82, 2.24) is 14.5 Å². The fraction of sp³-hybridized carbons (Fsp3) is 0.148. The van der Waals surface area contributed by atoms with Crippen molar-refractivity contribution < 1.29 is 0 Å². The molecule has 0 N–H and O–H groups in total. The summed E-state index contributed by atoms with van der Waals surface area (Å²) in [5.41, 5.74) is 11.7. The Morgan fingerprint density at radius 2 is 0.914 bits per heavy atom. The van der Waals surface area contributed by atoms with Crippen molar-refractivity contribution in [3.8, 4) is 39.6 Å². The topological polar surface area (TPSA) is 30.7 Å². The van der Waals surface area contributed by atoms with Gasteiger partial charge in [-0.1, -0.05) is 0 Å². The van der Waals surface area contributed by atoms with E-state index in [9.17, 15) is 0 Å². The third kappa shape index (κ3) is 5.70. The zero-order valence-electron chi connectivity index (χ0n) is 34.1. The fourth-order valence-electron chi connectivity index (χ4n) is 9.23. The standard InChI is InChI=1S/C54H47GeN3/c1-53(2,3)38-27-31-47-44(33-38)45-34-39(54(4,5)6)28-32-48(45)58(47)42-29-30-43-46(35-42)55(40-23-15-9-16-24-40,41-25-17-10-18-26-41)49-50(36-19-11-7-12-20-36)56-52(57-51(43)49)37-21-13-8-14-22-37/h7-35H,1-6H3. The zero-order valence-corrected chi connectivity index (χ0v) is 36.2. The molecule has 0 saturated carbocycles. The molecule has 0 aliphatic carbocycles. The van der Waals surface area contributed by atoms with Crippen molar-refractivity contribution in [2.75, 3.05) is 0 Å². The Kier molecular flexibility index (Phi) is 8.47. The summed E-state index contributed by atoms with van der Waals surface area (Å²) in [5.74, 6) is 0.749. The van der Waals surface area contributed by atoms with Gasteiger partial charge in [-0.15, -0.1) is 0 Å². The Morgan fingerprint density at radius 1 is 0.448 bits per heavy atom. The van der Waals surface area contributed by atoms with Crippen LogP contribution in [0.4, 0.5) is 0 Å². The van der Waals surface area contributed by atoms with Crippen LogP contribution in [0.15, 0.2) is 176 Å². The van der Waals surface area contributed by atoms with Gasteiger partial charge in [0.2, 0.25) is 0 Å².